The maximum Gasteiger partial charge on any atom is 0.233 e. The van der Waals surface area contributed by atoms with Crippen molar-refractivity contribution in [2.24, 2.45) is 11.8 Å². The molecule has 1 aromatic rings. The van der Waals surface area contributed by atoms with E-state index in [-0.39, 0.29) is 42.5 Å². The van der Waals surface area contributed by atoms with E-state index >= 15 is 0 Å². The smallest absolute Gasteiger partial charge is 0.233 e. The lowest BCUT2D eigenvalue weighted by Crippen LogP contribution is -2.36. The third-order valence-corrected chi connectivity index (χ3v) is 6.05. The van der Waals surface area contributed by atoms with Crippen LogP contribution in [0, 0.1) is 11.8 Å². The van der Waals surface area contributed by atoms with E-state index in [0.29, 0.717) is 12.3 Å². The zero-order chi connectivity index (χ0) is 19.6. The SMILES string of the molecule is COc1ccc(Br)cc1CN(C)C(=O)CCN1C(=O)C2CCCCC2C1=O. The first-order valence-corrected chi connectivity index (χ1v) is 10.1. The summed E-state index contributed by atoms with van der Waals surface area (Å²) in [5.41, 5.74) is 0.891. The van der Waals surface area contributed by atoms with Crippen LogP contribution in [0.5, 0.6) is 5.75 Å². The summed E-state index contributed by atoms with van der Waals surface area (Å²) in [6.07, 6.45) is 3.74. The molecule has 2 aliphatic rings. The molecule has 3 amide bonds. The molecule has 27 heavy (non-hydrogen) atoms. The topological polar surface area (TPSA) is 66.9 Å². The van der Waals surface area contributed by atoms with Gasteiger partial charge in [-0.25, -0.2) is 0 Å². The highest BCUT2D eigenvalue weighted by atomic mass is 79.9. The van der Waals surface area contributed by atoms with E-state index in [0.717, 1.165) is 35.7 Å². The summed E-state index contributed by atoms with van der Waals surface area (Å²) in [5.74, 6) is 0.108. The van der Waals surface area contributed by atoms with Gasteiger partial charge in [-0.1, -0.05) is 28.8 Å². The third kappa shape index (κ3) is 4.18. The number of carbonyl (C=O) groups is 3. The highest BCUT2D eigenvalue weighted by molar-refractivity contribution is 9.10. The number of methoxy groups -OCH3 is 1. The zero-order valence-electron chi connectivity index (χ0n) is 15.7. The maximum absolute atomic E-state index is 12.5. The highest BCUT2D eigenvalue weighted by Gasteiger charge is 2.47. The molecule has 6 nitrogen and oxygen atoms in total. The molecule has 0 radical (unpaired) electrons. The van der Waals surface area contributed by atoms with Crippen molar-refractivity contribution in [2.45, 2.75) is 38.6 Å². The Balaban J connectivity index is 1.58. The minimum atomic E-state index is -0.162. The number of benzene rings is 1. The molecule has 2 unspecified atom stereocenters. The molecular formula is C20H25BrN2O4. The number of halogens is 1. The molecule has 0 bridgehead atoms. The van der Waals surface area contributed by atoms with Gasteiger partial charge in [0, 0.05) is 36.6 Å². The standard InChI is InChI=1S/C20H25BrN2O4/c1-22(12-13-11-14(21)7-8-17(13)27-2)18(24)9-10-23-19(25)15-5-3-4-6-16(15)20(23)26/h7-8,11,15-16H,3-6,9-10,12H2,1-2H3. The lowest BCUT2D eigenvalue weighted by molar-refractivity contribution is -0.140. The number of ether oxygens (including phenoxy) is 1. The molecule has 7 heteroatoms. The maximum atomic E-state index is 12.5. The lowest BCUT2D eigenvalue weighted by atomic mass is 9.81. The predicted octanol–water partition coefficient (Wildman–Crippen LogP) is 2.98. The molecule has 2 atom stereocenters. The minimum absolute atomic E-state index is 0.0891. The van der Waals surface area contributed by atoms with Crippen molar-refractivity contribution in [1.82, 2.24) is 9.80 Å². The summed E-state index contributed by atoms with van der Waals surface area (Å²) in [5, 5.41) is 0. The van der Waals surface area contributed by atoms with Crippen LogP contribution in [0.4, 0.5) is 0 Å². The Morgan fingerprint density at radius 1 is 1.22 bits per heavy atom. The van der Waals surface area contributed by atoms with Crippen LogP contribution in [0.1, 0.15) is 37.7 Å². The molecule has 146 valence electrons. The summed E-state index contributed by atoms with van der Waals surface area (Å²) < 4.78 is 6.26. The number of hydrogen-bond acceptors (Lipinski definition) is 4. The van der Waals surface area contributed by atoms with Crippen LogP contribution in [0.15, 0.2) is 22.7 Å². The van der Waals surface area contributed by atoms with Crippen molar-refractivity contribution < 1.29 is 19.1 Å². The second-order valence-electron chi connectivity index (χ2n) is 7.28. The summed E-state index contributed by atoms with van der Waals surface area (Å²) in [6, 6.07) is 5.65. The van der Waals surface area contributed by atoms with E-state index in [1.54, 1.807) is 19.1 Å². The molecule has 1 aliphatic carbocycles. The Morgan fingerprint density at radius 2 is 1.85 bits per heavy atom. The average Bonchev–Trinajstić information content (AvgIpc) is 2.91. The number of likely N-dealkylation sites (tertiary alicyclic amines) is 1. The van der Waals surface area contributed by atoms with E-state index in [2.05, 4.69) is 15.9 Å². The predicted molar refractivity (Wildman–Crippen MR) is 104 cm³/mol. The van der Waals surface area contributed by atoms with Gasteiger partial charge in [-0.2, -0.15) is 0 Å². The number of fused-ring (bicyclic) bond motifs is 1. The van der Waals surface area contributed by atoms with Crippen molar-refractivity contribution in [3.63, 3.8) is 0 Å². The molecule has 0 N–H and O–H groups in total. The number of amides is 3. The Kier molecular flexibility index (Phi) is 6.19. The van der Waals surface area contributed by atoms with E-state index in [1.807, 2.05) is 18.2 Å². The number of imide groups is 1. The first kappa shape index (κ1) is 19.9. The van der Waals surface area contributed by atoms with E-state index in [1.165, 1.54) is 4.90 Å². The van der Waals surface area contributed by atoms with Crippen molar-refractivity contribution in [2.75, 3.05) is 20.7 Å². The molecule has 1 heterocycles. The zero-order valence-corrected chi connectivity index (χ0v) is 17.3. The lowest BCUT2D eigenvalue weighted by Gasteiger charge is -2.21. The molecule has 0 aromatic heterocycles. The summed E-state index contributed by atoms with van der Waals surface area (Å²) in [4.78, 5) is 40.5. The highest BCUT2D eigenvalue weighted by Crippen LogP contribution is 2.38. The first-order valence-electron chi connectivity index (χ1n) is 9.34. The minimum Gasteiger partial charge on any atom is -0.496 e. The van der Waals surface area contributed by atoms with Crippen molar-refractivity contribution in [1.29, 1.82) is 0 Å². The Labute approximate surface area is 168 Å². The van der Waals surface area contributed by atoms with Gasteiger partial charge in [0.15, 0.2) is 0 Å². The van der Waals surface area contributed by atoms with Gasteiger partial charge in [0.2, 0.25) is 17.7 Å². The van der Waals surface area contributed by atoms with Crippen LogP contribution in [0.25, 0.3) is 0 Å². The summed E-state index contributed by atoms with van der Waals surface area (Å²) >= 11 is 3.43. The van der Waals surface area contributed by atoms with E-state index in [4.69, 9.17) is 4.74 Å². The summed E-state index contributed by atoms with van der Waals surface area (Å²) in [6.45, 7) is 0.568. The Bertz CT molecular complexity index is 727. The van der Waals surface area contributed by atoms with Crippen LogP contribution in [-0.2, 0) is 20.9 Å². The number of rotatable bonds is 6. The van der Waals surface area contributed by atoms with Gasteiger partial charge in [0.05, 0.1) is 18.9 Å². The quantitative estimate of drug-likeness (QED) is 0.642. The van der Waals surface area contributed by atoms with Gasteiger partial charge in [-0.15, -0.1) is 0 Å². The van der Waals surface area contributed by atoms with Crippen LogP contribution < -0.4 is 4.74 Å². The molecule has 3 rings (SSSR count). The third-order valence-electron chi connectivity index (χ3n) is 5.56. The van der Waals surface area contributed by atoms with Crippen LogP contribution >= 0.6 is 15.9 Å². The van der Waals surface area contributed by atoms with Crippen molar-refractivity contribution in [3.8, 4) is 5.75 Å². The van der Waals surface area contributed by atoms with Crippen molar-refractivity contribution >= 4 is 33.7 Å². The molecule has 1 saturated carbocycles. The molecular weight excluding hydrogens is 412 g/mol. The van der Waals surface area contributed by atoms with Gasteiger partial charge in [-0.05, 0) is 31.0 Å². The Hall–Kier alpha value is -1.89. The number of nitrogens with zero attached hydrogens (tertiary/aromatic N) is 2. The van der Waals surface area contributed by atoms with Gasteiger partial charge in [0.25, 0.3) is 0 Å². The monoisotopic (exact) mass is 436 g/mol. The fourth-order valence-electron chi connectivity index (χ4n) is 4.06. The van der Waals surface area contributed by atoms with Gasteiger partial charge >= 0.3 is 0 Å². The van der Waals surface area contributed by atoms with Crippen LogP contribution in [0.3, 0.4) is 0 Å². The van der Waals surface area contributed by atoms with Gasteiger partial charge < -0.3 is 9.64 Å². The van der Waals surface area contributed by atoms with Gasteiger partial charge in [-0.3, -0.25) is 19.3 Å². The normalized spacial score (nSPS) is 22.0. The fourth-order valence-corrected chi connectivity index (χ4v) is 4.47. The Morgan fingerprint density at radius 3 is 2.44 bits per heavy atom. The van der Waals surface area contributed by atoms with Crippen LogP contribution in [-0.4, -0.2) is 48.2 Å². The number of hydrogen-bond donors (Lipinski definition) is 0. The second kappa shape index (κ2) is 8.42. The first-order chi connectivity index (χ1) is 12.9. The molecule has 1 aliphatic heterocycles. The van der Waals surface area contributed by atoms with Gasteiger partial charge in [0.1, 0.15) is 5.75 Å². The molecule has 0 spiro atoms. The molecule has 1 aromatic carbocycles. The van der Waals surface area contributed by atoms with Crippen molar-refractivity contribution in [3.05, 3.63) is 28.2 Å². The van der Waals surface area contributed by atoms with Crippen LogP contribution in [0.2, 0.25) is 0 Å². The second-order valence-corrected chi connectivity index (χ2v) is 8.20. The average molecular weight is 437 g/mol. The molecule has 1 saturated heterocycles. The number of carbonyl (C=O) groups excluding carboxylic acids is 3. The molecule has 2 fully saturated rings. The largest absolute Gasteiger partial charge is 0.496 e. The summed E-state index contributed by atoms with van der Waals surface area (Å²) in [7, 11) is 3.31. The van der Waals surface area contributed by atoms with E-state index < -0.39 is 0 Å². The fraction of sp³-hybridized carbons (Fsp3) is 0.550. The van der Waals surface area contributed by atoms with E-state index in [9.17, 15) is 14.4 Å².